The number of thiophene rings is 1. The highest BCUT2D eigenvalue weighted by atomic mass is 32.2. The fraction of sp³-hybridized carbons (Fsp3) is 0.381. The van der Waals surface area contributed by atoms with Crippen molar-refractivity contribution in [1.82, 2.24) is 0 Å². The number of rotatable bonds is 7. The van der Waals surface area contributed by atoms with Crippen LogP contribution in [-0.4, -0.2) is 27.5 Å². The van der Waals surface area contributed by atoms with Crippen LogP contribution < -0.4 is 4.31 Å². The normalized spacial score (nSPS) is 13.6. The lowest BCUT2D eigenvalue weighted by Gasteiger charge is -2.23. The number of esters is 1. The van der Waals surface area contributed by atoms with E-state index in [0.29, 0.717) is 10.6 Å². The first kappa shape index (κ1) is 20.6. The standard InChI is InChI=1S/C21H25NO4S2/c1-4-14-22(28(24,25)16-12-10-15(3)11-13-16)20-19(21(23)26-5-2)17-8-6-7-9-18(17)27-20/h4,10-13H,1,5-9,14H2,2-3H3. The number of hydrogen-bond acceptors (Lipinski definition) is 5. The molecule has 0 N–H and O–H groups in total. The Bertz CT molecular complexity index is 975. The van der Waals surface area contributed by atoms with Crippen LogP contribution in [-0.2, 0) is 27.6 Å². The topological polar surface area (TPSA) is 63.7 Å². The molecule has 3 rings (SSSR count). The number of nitrogens with zero attached hydrogens (tertiary/aromatic N) is 1. The van der Waals surface area contributed by atoms with Crippen molar-refractivity contribution in [3.8, 4) is 0 Å². The fourth-order valence-electron chi connectivity index (χ4n) is 3.39. The monoisotopic (exact) mass is 419 g/mol. The second-order valence-electron chi connectivity index (χ2n) is 6.75. The largest absolute Gasteiger partial charge is 0.462 e. The average molecular weight is 420 g/mol. The maximum absolute atomic E-state index is 13.4. The van der Waals surface area contributed by atoms with Gasteiger partial charge in [-0.1, -0.05) is 23.8 Å². The van der Waals surface area contributed by atoms with E-state index in [1.807, 2.05) is 6.92 Å². The fourth-order valence-corrected chi connectivity index (χ4v) is 6.43. The van der Waals surface area contributed by atoms with E-state index in [1.165, 1.54) is 15.6 Å². The maximum atomic E-state index is 13.4. The summed E-state index contributed by atoms with van der Waals surface area (Å²) in [4.78, 5) is 14.0. The summed E-state index contributed by atoms with van der Waals surface area (Å²) in [6.45, 7) is 7.71. The molecule has 0 saturated heterocycles. The van der Waals surface area contributed by atoms with Crippen LogP contribution in [0, 0.1) is 6.92 Å². The first-order valence-electron chi connectivity index (χ1n) is 9.42. The molecule has 0 radical (unpaired) electrons. The smallest absolute Gasteiger partial charge is 0.341 e. The lowest BCUT2D eigenvalue weighted by atomic mass is 9.95. The van der Waals surface area contributed by atoms with E-state index in [2.05, 4.69) is 6.58 Å². The number of anilines is 1. The predicted octanol–water partition coefficient (Wildman–Crippen LogP) is 4.49. The number of benzene rings is 1. The summed E-state index contributed by atoms with van der Waals surface area (Å²) in [7, 11) is -3.84. The zero-order valence-electron chi connectivity index (χ0n) is 16.2. The summed E-state index contributed by atoms with van der Waals surface area (Å²) >= 11 is 1.39. The van der Waals surface area contributed by atoms with Gasteiger partial charge in [0, 0.05) is 4.88 Å². The minimum atomic E-state index is -3.84. The van der Waals surface area contributed by atoms with Crippen LogP contribution in [0.4, 0.5) is 5.00 Å². The second-order valence-corrected chi connectivity index (χ2v) is 9.70. The Kier molecular flexibility index (Phi) is 6.25. The van der Waals surface area contributed by atoms with Crippen LogP contribution in [0.3, 0.4) is 0 Å². The van der Waals surface area contributed by atoms with E-state index in [9.17, 15) is 13.2 Å². The van der Waals surface area contributed by atoms with Crippen molar-refractivity contribution < 1.29 is 17.9 Å². The summed E-state index contributed by atoms with van der Waals surface area (Å²) in [5.74, 6) is -0.454. The number of aryl methyl sites for hydroxylation is 2. The Labute approximate surface area is 170 Å². The Morgan fingerprint density at radius 2 is 1.93 bits per heavy atom. The maximum Gasteiger partial charge on any atom is 0.341 e. The SMILES string of the molecule is C=CCN(c1sc2c(c1C(=O)OCC)CCCC2)S(=O)(=O)c1ccc(C)cc1. The van der Waals surface area contributed by atoms with Crippen LogP contribution in [0.15, 0.2) is 41.8 Å². The number of hydrogen-bond donors (Lipinski definition) is 0. The Hall–Kier alpha value is -2.12. The van der Waals surface area contributed by atoms with Gasteiger partial charge in [-0.05, 0) is 57.2 Å². The zero-order chi connectivity index (χ0) is 20.3. The van der Waals surface area contributed by atoms with Gasteiger partial charge in [0.25, 0.3) is 10.0 Å². The van der Waals surface area contributed by atoms with Crippen LogP contribution in [0.5, 0.6) is 0 Å². The van der Waals surface area contributed by atoms with E-state index >= 15 is 0 Å². The molecule has 1 aliphatic carbocycles. The van der Waals surface area contributed by atoms with Gasteiger partial charge >= 0.3 is 5.97 Å². The van der Waals surface area contributed by atoms with Crippen molar-refractivity contribution in [2.45, 2.75) is 44.4 Å². The van der Waals surface area contributed by atoms with Crippen molar-refractivity contribution in [3.05, 3.63) is 58.5 Å². The molecule has 5 nitrogen and oxygen atoms in total. The molecule has 0 atom stereocenters. The van der Waals surface area contributed by atoms with Crippen LogP contribution in [0.1, 0.15) is 46.1 Å². The van der Waals surface area contributed by atoms with Crippen molar-refractivity contribution in [2.24, 2.45) is 0 Å². The molecule has 1 aromatic carbocycles. The third-order valence-corrected chi connectivity index (χ3v) is 7.97. The second kappa shape index (κ2) is 8.49. The third-order valence-electron chi connectivity index (χ3n) is 4.76. The van der Waals surface area contributed by atoms with Gasteiger partial charge in [-0.2, -0.15) is 0 Å². The van der Waals surface area contributed by atoms with Gasteiger partial charge in [-0.25, -0.2) is 13.2 Å². The van der Waals surface area contributed by atoms with Crippen LogP contribution in [0.2, 0.25) is 0 Å². The highest BCUT2D eigenvalue weighted by Crippen LogP contribution is 2.42. The molecule has 0 bridgehead atoms. The summed E-state index contributed by atoms with van der Waals surface area (Å²) in [5.41, 5.74) is 2.32. The van der Waals surface area contributed by atoms with Crippen LogP contribution in [0.25, 0.3) is 0 Å². The number of fused-ring (bicyclic) bond motifs is 1. The molecule has 0 spiro atoms. The quantitative estimate of drug-likeness (QED) is 0.490. The molecule has 7 heteroatoms. The van der Waals surface area contributed by atoms with E-state index in [1.54, 1.807) is 37.3 Å². The molecule has 2 aromatic rings. The predicted molar refractivity (Wildman–Crippen MR) is 113 cm³/mol. The number of sulfonamides is 1. The lowest BCUT2D eigenvalue weighted by molar-refractivity contribution is 0.0526. The number of carbonyl (C=O) groups is 1. The van der Waals surface area contributed by atoms with E-state index in [-0.39, 0.29) is 18.0 Å². The van der Waals surface area contributed by atoms with Gasteiger partial charge in [-0.3, -0.25) is 4.31 Å². The lowest BCUT2D eigenvalue weighted by Crippen LogP contribution is -2.32. The zero-order valence-corrected chi connectivity index (χ0v) is 17.9. The highest BCUT2D eigenvalue weighted by molar-refractivity contribution is 7.93. The van der Waals surface area contributed by atoms with Gasteiger partial charge in [-0.15, -0.1) is 17.9 Å². The van der Waals surface area contributed by atoms with Crippen molar-refractivity contribution in [3.63, 3.8) is 0 Å². The highest BCUT2D eigenvalue weighted by Gasteiger charge is 2.34. The molecule has 1 aliphatic rings. The van der Waals surface area contributed by atoms with Gasteiger partial charge < -0.3 is 4.74 Å². The summed E-state index contributed by atoms with van der Waals surface area (Å²) in [6, 6.07) is 6.73. The minimum absolute atomic E-state index is 0.0853. The Balaban J connectivity index is 2.16. The van der Waals surface area contributed by atoms with E-state index in [0.717, 1.165) is 41.7 Å². The van der Waals surface area contributed by atoms with Gasteiger partial charge in [0.15, 0.2) is 0 Å². The minimum Gasteiger partial charge on any atom is -0.462 e. The first-order chi connectivity index (χ1) is 13.4. The van der Waals surface area contributed by atoms with E-state index in [4.69, 9.17) is 4.74 Å². The Morgan fingerprint density at radius 1 is 1.25 bits per heavy atom. The van der Waals surface area contributed by atoms with Crippen molar-refractivity contribution >= 4 is 32.3 Å². The van der Waals surface area contributed by atoms with Gasteiger partial charge in [0.05, 0.1) is 23.6 Å². The average Bonchev–Trinajstić information content (AvgIpc) is 3.05. The molecular weight excluding hydrogens is 394 g/mol. The van der Waals surface area contributed by atoms with Crippen molar-refractivity contribution in [1.29, 1.82) is 0 Å². The molecule has 28 heavy (non-hydrogen) atoms. The molecule has 150 valence electrons. The summed E-state index contributed by atoms with van der Waals surface area (Å²) < 4.78 is 33.4. The van der Waals surface area contributed by atoms with E-state index < -0.39 is 16.0 Å². The summed E-state index contributed by atoms with van der Waals surface area (Å²) in [5, 5.41) is 0.436. The number of ether oxygens (including phenoxy) is 1. The Morgan fingerprint density at radius 3 is 2.57 bits per heavy atom. The molecule has 0 saturated carbocycles. The molecule has 1 heterocycles. The summed E-state index contributed by atoms with van der Waals surface area (Å²) in [6.07, 6.45) is 5.20. The first-order valence-corrected chi connectivity index (χ1v) is 11.7. The van der Waals surface area contributed by atoms with Gasteiger partial charge in [0.1, 0.15) is 5.00 Å². The molecular formula is C21H25NO4S2. The molecule has 0 amide bonds. The molecule has 0 unspecified atom stereocenters. The molecule has 0 aliphatic heterocycles. The van der Waals surface area contributed by atoms with Crippen molar-refractivity contribution in [2.75, 3.05) is 17.5 Å². The number of carbonyl (C=O) groups excluding carboxylic acids is 1. The third kappa shape index (κ3) is 3.86. The van der Waals surface area contributed by atoms with Gasteiger partial charge in [0.2, 0.25) is 0 Å². The molecule has 1 aromatic heterocycles. The molecule has 0 fully saturated rings. The van der Waals surface area contributed by atoms with Crippen LogP contribution >= 0.6 is 11.3 Å².